The van der Waals surface area contributed by atoms with E-state index in [0.29, 0.717) is 56.5 Å². The Labute approximate surface area is 285 Å². The van der Waals surface area contributed by atoms with Crippen LogP contribution < -0.4 is 10.3 Å². The average Bonchev–Trinajstić information content (AvgIpc) is 3.52. The van der Waals surface area contributed by atoms with E-state index >= 15 is 0 Å². The fourth-order valence-corrected chi connectivity index (χ4v) is 7.70. The number of nitrogens with zero attached hydrogens (tertiary/aromatic N) is 2. The standard InChI is InChI=1S/C37H50ClN3O5Si/c1-36(2,3)47(4,5)46-24-21-41(30-17-22-44-23-18-30)35(43)32-33(45-26-27-11-7-6-8-12-27)34(42)40-31(39-32)25-37(19-9-10-20-37)28-13-15-29(38)16-14-28/h6-8,11-16,30H,9-10,17-26H2,1-5H3,(H,39,40,42). The van der Waals surface area contributed by atoms with E-state index < -0.39 is 13.9 Å². The Kier molecular flexibility index (Phi) is 11.3. The third-order valence-corrected chi connectivity index (χ3v) is 15.2. The van der Waals surface area contributed by atoms with Crippen molar-refractivity contribution in [1.29, 1.82) is 0 Å². The fraction of sp³-hybridized carbons (Fsp3) is 0.541. The molecule has 1 aromatic heterocycles. The van der Waals surface area contributed by atoms with Crippen LogP contribution in [0.2, 0.25) is 23.2 Å². The second-order valence-corrected chi connectivity index (χ2v) is 19.8. The van der Waals surface area contributed by atoms with Crippen LogP contribution in [0.15, 0.2) is 59.4 Å². The molecule has 0 radical (unpaired) electrons. The highest BCUT2D eigenvalue weighted by molar-refractivity contribution is 6.74. The van der Waals surface area contributed by atoms with Gasteiger partial charge in [0, 0.05) is 42.7 Å². The van der Waals surface area contributed by atoms with Crippen molar-refractivity contribution in [3.8, 4) is 5.75 Å². The number of hydrogen-bond donors (Lipinski definition) is 1. The number of benzene rings is 2. The zero-order valence-electron chi connectivity index (χ0n) is 28.6. The van der Waals surface area contributed by atoms with Gasteiger partial charge in [-0.25, -0.2) is 4.98 Å². The number of amides is 1. The largest absolute Gasteiger partial charge is 0.481 e. The van der Waals surface area contributed by atoms with E-state index in [2.05, 4.69) is 51.0 Å². The molecule has 1 aliphatic carbocycles. The highest BCUT2D eigenvalue weighted by Crippen LogP contribution is 2.43. The molecule has 0 bridgehead atoms. The number of nitrogens with one attached hydrogen (secondary N) is 1. The SMILES string of the molecule is CC(C)(C)[Si](C)(C)OCCN(C(=O)c1nc(CC2(c3ccc(Cl)cc3)CCCC2)[nH]c(=O)c1OCc1ccccc1)C1CCOCC1. The lowest BCUT2D eigenvalue weighted by Crippen LogP contribution is -2.48. The molecule has 47 heavy (non-hydrogen) atoms. The summed E-state index contributed by atoms with van der Waals surface area (Å²) < 4.78 is 18.3. The summed E-state index contributed by atoms with van der Waals surface area (Å²) in [7, 11) is -2.05. The van der Waals surface area contributed by atoms with Gasteiger partial charge in [0.2, 0.25) is 5.75 Å². The first kappa shape index (κ1) is 35.3. The summed E-state index contributed by atoms with van der Waals surface area (Å²) in [6, 6.07) is 17.6. The van der Waals surface area contributed by atoms with Gasteiger partial charge in [0.15, 0.2) is 14.0 Å². The molecule has 1 saturated carbocycles. The van der Waals surface area contributed by atoms with Crippen molar-refractivity contribution >= 4 is 25.8 Å². The van der Waals surface area contributed by atoms with E-state index in [1.807, 2.05) is 47.4 Å². The number of halogens is 1. The van der Waals surface area contributed by atoms with Crippen molar-refractivity contribution in [2.24, 2.45) is 0 Å². The van der Waals surface area contributed by atoms with Gasteiger partial charge in [0.1, 0.15) is 12.4 Å². The summed E-state index contributed by atoms with van der Waals surface area (Å²) >= 11 is 6.24. The predicted molar refractivity (Wildman–Crippen MR) is 189 cm³/mol. The second-order valence-electron chi connectivity index (χ2n) is 14.6. The Hall–Kier alpha value is -2.98. The number of aromatic nitrogens is 2. The normalized spacial score (nSPS) is 17.1. The molecule has 2 fully saturated rings. The van der Waals surface area contributed by atoms with Crippen LogP contribution in [-0.4, -0.2) is 61.5 Å². The Morgan fingerprint density at radius 2 is 1.72 bits per heavy atom. The van der Waals surface area contributed by atoms with Crippen LogP contribution in [0.1, 0.15) is 86.7 Å². The van der Waals surface area contributed by atoms with E-state index in [1.54, 1.807) is 0 Å². The van der Waals surface area contributed by atoms with Crippen molar-refractivity contribution < 1.29 is 18.7 Å². The van der Waals surface area contributed by atoms with E-state index in [-0.39, 0.29) is 40.5 Å². The molecule has 3 aromatic rings. The smallest absolute Gasteiger partial charge is 0.294 e. The predicted octanol–water partition coefficient (Wildman–Crippen LogP) is 7.70. The van der Waals surface area contributed by atoms with Gasteiger partial charge >= 0.3 is 0 Å². The van der Waals surface area contributed by atoms with Crippen LogP contribution in [-0.2, 0) is 27.6 Å². The lowest BCUT2D eigenvalue weighted by Gasteiger charge is -2.38. The third-order valence-electron chi connectivity index (χ3n) is 10.4. The zero-order chi connectivity index (χ0) is 33.7. The maximum absolute atomic E-state index is 14.7. The van der Waals surface area contributed by atoms with E-state index in [4.69, 9.17) is 30.5 Å². The van der Waals surface area contributed by atoms with Gasteiger partial charge in [-0.3, -0.25) is 9.59 Å². The number of ether oxygens (including phenoxy) is 2. The van der Waals surface area contributed by atoms with Crippen molar-refractivity contribution in [2.75, 3.05) is 26.4 Å². The number of aromatic amines is 1. The molecule has 0 unspecified atom stereocenters. The minimum absolute atomic E-state index is 0.0441. The summed E-state index contributed by atoms with van der Waals surface area (Å²) in [5.41, 5.74) is 1.48. The molecule has 254 valence electrons. The minimum atomic E-state index is -2.05. The summed E-state index contributed by atoms with van der Waals surface area (Å²) in [6.07, 6.45) is 6.03. The molecule has 1 N–H and O–H groups in total. The molecule has 2 aromatic carbocycles. The molecular formula is C37H50ClN3O5Si. The second kappa shape index (κ2) is 15.1. The van der Waals surface area contributed by atoms with Gasteiger partial charge in [-0.1, -0.05) is 87.7 Å². The Bertz CT molecular complexity index is 1540. The molecule has 5 rings (SSSR count). The maximum Gasteiger partial charge on any atom is 0.294 e. The lowest BCUT2D eigenvalue weighted by molar-refractivity contribution is 0.0245. The fourth-order valence-electron chi connectivity index (χ4n) is 6.54. The molecule has 10 heteroatoms. The summed E-state index contributed by atoms with van der Waals surface area (Å²) in [6.45, 7) is 13.2. The summed E-state index contributed by atoms with van der Waals surface area (Å²) in [5, 5.41) is 0.731. The number of rotatable bonds is 12. The highest BCUT2D eigenvalue weighted by atomic mass is 35.5. The van der Waals surface area contributed by atoms with Crippen molar-refractivity contribution in [1.82, 2.24) is 14.9 Å². The van der Waals surface area contributed by atoms with Crippen molar-refractivity contribution in [2.45, 2.75) is 102 Å². The Morgan fingerprint density at radius 3 is 2.36 bits per heavy atom. The quantitative estimate of drug-likeness (QED) is 0.197. The summed E-state index contributed by atoms with van der Waals surface area (Å²) in [5.74, 6) is 0.141. The monoisotopic (exact) mass is 679 g/mol. The first-order valence-corrected chi connectivity index (χ1v) is 20.3. The van der Waals surface area contributed by atoms with Gasteiger partial charge < -0.3 is 23.8 Å². The van der Waals surface area contributed by atoms with Crippen molar-refractivity contribution in [3.63, 3.8) is 0 Å². The van der Waals surface area contributed by atoms with E-state index in [9.17, 15) is 9.59 Å². The van der Waals surface area contributed by atoms with Gasteiger partial charge in [-0.05, 0) is 67.1 Å². The van der Waals surface area contributed by atoms with Crippen LogP contribution in [0, 0.1) is 0 Å². The molecule has 2 aliphatic rings. The van der Waals surface area contributed by atoms with Crippen molar-refractivity contribution in [3.05, 3.63) is 92.6 Å². The first-order valence-electron chi connectivity index (χ1n) is 17.0. The molecule has 0 spiro atoms. The van der Waals surface area contributed by atoms with Gasteiger partial charge in [0.05, 0.1) is 6.61 Å². The third kappa shape index (κ3) is 8.55. The zero-order valence-corrected chi connectivity index (χ0v) is 30.3. The molecule has 1 saturated heterocycles. The number of hydrogen-bond acceptors (Lipinski definition) is 6. The van der Waals surface area contributed by atoms with E-state index in [0.717, 1.165) is 31.2 Å². The lowest BCUT2D eigenvalue weighted by atomic mass is 9.76. The minimum Gasteiger partial charge on any atom is -0.481 e. The van der Waals surface area contributed by atoms with Crippen LogP contribution in [0.4, 0.5) is 0 Å². The Morgan fingerprint density at radius 1 is 1.06 bits per heavy atom. The van der Waals surface area contributed by atoms with Crippen LogP contribution >= 0.6 is 11.6 Å². The number of H-pyrrole nitrogens is 1. The molecule has 1 aliphatic heterocycles. The highest BCUT2D eigenvalue weighted by Gasteiger charge is 2.39. The van der Waals surface area contributed by atoms with Gasteiger partial charge in [-0.15, -0.1) is 0 Å². The number of carbonyl (C=O) groups is 1. The molecule has 8 nitrogen and oxygen atoms in total. The van der Waals surface area contributed by atoms with Crippen LogP contribution in [0.5, 0.6) is 5.75 Å². The number of carbonyl (C=O) groups excluding carboxylic acids is 1. The van der Waals surface area contributed by atoms with Crippen LogP contribution in [0.25, 0.3) is 0 Å². The first-order chi connectivity index (χ1) is 22.4. The summed E-state index contributed by atoms with van der Waals surface area (Å²) in [4.78, 5) is 38.3. The van der Waals surface area contributed by atoms with Gasteiger partial charge in [-0.2, -0.15) is 0 Å². The average molecular weight is 680 g/mol. The topological polar surface area (TPSA) is 93.8 Å². The molecule has 2 heterocycles. The molecule has 1 amide bonds. The maximum atomic E-state index is 14.7. The van der Waals surface area contributed by atoms with E-state index in [1.165, 1.54) is 5.56 Å². The molecular weight excluding hydrogens is 630 g/mol. The Balaban J connectivity index is 1.51. The molecule has 0 atom stereocenters. The van der Waals surface area contributed by atoms with Crippen LogP contribution in [0.3, 0.4) is 0 Å². The van der Waals surface area contributed by atoms with Gasteiger partial charge in [0.25, 0.3) is 11.5 Å².